The number of benzene rings is 2. The van der Waals surface area contributed by atoms with Crippen LogP contribution < -0.4 is 10.1 Å². The van der Waals surface area contributed by atoms with E-state index in [-0.39, 0.29) is 28.8 Å². The van der Waals surface area contributed by atoms with Crippen LogP contribution in [0.4, 0.5) is 10.3 Å². The number of rotatable bonds is 7. The summed E-state index contributed by atoms with van der Waals surface area (Å²) in [7, 11) is -2.11. The Balaban J connectivity index is 1.15. The number of anilines is 1. The van der Waals surface area contributed by atoms with E-state index in [4.69, 9.17) is 19.5 Å². The van der Waals surface area contributed by atoms with Gasteiger partial charge in [0.25, 0.3) is 6.02 Å². The standard InChI is InChI=1S/C27H27FN6O4S/c1-37-21-3-2-4-22(17-21)39(35,36)33-13-10-20(11-14-33)30-26-29-12-9-23(31-26)25-24(18-5-7-19(28)8-6-18)32-27-34(25)15-16-38-27/h2-9,12,15-17,20,24-25H,10-11,13-14H2,1H3,(H,29,30,31). The molecule has 2 atom stereocenters. The highest BCUT2D eigenvalue weighted by molar-refractivity contribution is 7.89. The fourth-order valence-corrected chi connectivity index (χ4v) is 6.60. The summed E-state index contributed by atoms with van der Waals surface area (Å²) in [4.78, 5) is 16.0. The first-order chi connectivity index (χ1) is 18.9. The van der Waals surface area contributed by atoms with E-state index in [1.54, 1.807) is 49.0 Å². The minimum absolute atomic E-state index is 0.00955. The largest absolute Gasteiger partial charge is 0.497 e. The SMILES string of the molecule is COc1cccc(S(=O)(=O)N2CCC(Nc3nccc(C4C(c5ccc(F)cc5)N=C5OC=CN54)n3)CC2)c1. The highest BCUT2D eigenvalue weighted by Crippen LogP contribution is 2.43. The Morgan fingerprint density at radius 2 is 1.90 bits per heavy atom. The van der Waals surface area contributed by atoms with Crippen LogP contribution in [0.15, 0.2) is 83.1 Å². The molecule has 12 heteroatoms. The Morgan fingerprint density at radius 3 is 2.67 bits per heavy atom. The zero-order valence-electron chi connectivity index (χ0n) is 21.1. The molecule has 10 nitrogen and oxygen atoms in total. The maximum Gasteiger partial charge on any atom is 0.298 e. The predicted molar refractivity (Wildman–Crippen MR) is 142 cm³/mol. The number of sulfonamides is 1. The number of hydrogen-bond acceptors (Lipinski definition) is 9. The van der Waals surface area contributed by atoms with E-state index >= 15 is 0 Å². The van der Waals surface area contributed by atoms with Crippen molar-refractivity contribution in [3.05, 3.63) is 90.3 Å². The summed E-state index contributed by atoms with van der Waals surface area (Å²) in [6, 6.07) is 14.5. The predicted octanol–water partition coefficient (Wildman–Crippen LogP) is 3.84. The number of nitrogens with one attached hydrogen (secondary N) is 1. The summed E-state index contributed by atoms with van der Waals surface area (Å²) in [5, 5.41) is 3.38. The van der Waals surface area contributed by atoms with Crippen molar-refractivity contribution in [1.82, 2.24) is 19.2 Å². The molecule has 0 radical (unpaired) electrons. The van der Waals surface area contributed by atoms with Crippen molar-refractivity contribution in [2.75, 3.05) is 25.5 Å². The van der Waals surface area contributed by atoms with E-state index in [2.05, 4.69) is 10.3 Å². The second-order valence-electron chi connectivity index (χ2n) is 9.47. The quantitative estimate of drug-likeness (QED) is 0.473. The Morgan fingerprint density at radius 1 is 1.10 bits per heavy atom. The summed E-state index contributed by atoms with van der Waals surface area (Å²) in [5.74, 6) is 0.646. The molecular weight excluding hydrogens is 523 g/mol. The van der Waals surface area contributed by atoms with Crippen LogP contribution in [-0.2, 0) is 14.8 Å². The fourth-order valence-electron chi connectivity index (χ4n) is 5.09. The molecular formula is C27H27FN6O4S. The van der Waals surface area contributed by atoms with Gasteiger partial charge in [0.1, 0.15) is 29.9 Å². The molecule has 0 aliphatic carbocycles. The molecule has 6 rings (SSSR count). The van der Waals surface area contributed by atoms with Gasteiger partial charge in [0.05, 0.1) is 17.7 Å². The van der Waals surface area contributed by atoms with Gasteiger partial charge in [-0.25, -0.2) is 27.8 Å². The first-order valence-electron chi connectivity index (χ1n) is 12.6. The molecule has 0 spiro atoms. The van der Waals surface area contributed by atoms with E-state index in [1.165, 1.54) is 29.6 Å². The topological polar surface area (TPSA) is 109 Å². The van der Waals surface area contributed by atoms with Crippen molar-refractivity contribution in [2.45, 2.75) is 35.9 Å². The van der Waals surface area contributed by atoms with Crippen molar-refractivity contribution in [2.24, 2.45) is 4.99 Å². The maximum atomic E-state index is 13.6. The third-order valence-electron chi connectivity index (χ3n) is 7.12. The summed E-state index contributed by atoms with van der Waals surface area (Å²) in [6.07, 6.45) is 6.28. The molecule has 1 aromatic heterocycles. The van der Waals surface area contributed by atoms with Gasteiger partial charge in [0.2, 0.25) is 16.0 Å². The summed E-state index contributed by atoms with van der Waals surface area (Å²) >= 11 is 0. The number of ether oxygens (including phenoxy) is 2. The van der Waals surface area contributed by atoms with Gasteiger partial charge in [-0.05, 0) is 48.7 Å². The minimum atomic E-state index is -3.62. The molecule has 2 unspecified atom stereocenters. The number of aromatic nitrogens is 2. The van der Waals surface area contributed by atoms with Crippen LogP contribution in [0.2, 0.25) is 0 Å². The second kappa shape index (κ2) is 10.3. The number of amidine groups is 1. The van der Waals surface area contributed by atoms with Gasteiger partial charge >= 0.3 is 0 Å². The molecule has 3 aliphatic heterocycles. The number of nitrogens with zero attached hydrogens (tertiary/aromatic N) is 5. The summed E-state index contributed by atoms with van der Waals surface area (Å²) < 4.78 is 52.1. The first-order valence-corrected chi connectivity index (χ1v) is 14.0. The van der Waals surface area contributed by atoms with Gasteiger partial charge in [-0.1, -0.05) is 18.2 Å². The molecule has 1 fully saturated rings. The minimum Gasteiger partial charge on any atom is -0.497 e. The lowest BCUT2D eigenvalue weighted by Gasteiger charge is -2.32. The number of hydrogen-bond donors (Lipinski definition) is 1. The Bertz CT molecular complexity index is 1520. The van der Waals surface area contributed by atoms with Gasteiger partial charge in [-0.15, -0.1) is 0 Å². The smallest absolute Gasteiger partial charge is 0.298 e. The van der Waals surface area contributed by atoms with Crippen molar-refractivity contribution >= 4 is 22.0 Å². The number of aliphatic imine (C=N–C) groups is 1. The number of fused-ring (bicyclic) bond motifs is 1. The Labute approximate surface area is 225 Å². The van der Waals surface area contributed by atoms with Gasteiger partial charge in [-0.3, -0.25) is 4.90 Å². The Hall–Kier alpha value is -4.03. The van der Waals surface area contributed by atoms with Crippen LogP contribution in [0.1, 0.15) is 36.2 Å². The number of methoxy groups -OCH3 is 1. The van der Waals surface area contributed by atoms with E-state index < -0.39 is 10.0 Å². The molecule has 202 valence electrons. The zero-order chi connectivity index (χ0) is 27.0. The highest BCUT2D eigenvalue weighted by Gasteiger charge is 2.41. The second-order valence-corrected chi connectivity index (χ2v) is 11.4. The molecule has 39 heavy (non-hydrogen) atoms. The van der Waals surface area contributed by atoms with Crippen molar-refractivity contribution in [1.29, 1.82) is 0 Å². The Kier molecular flexibility index (Phi) is 6.65. The lowest BCUT2D eigenvalue weighted by atomic mass is 9.97. The molecule has 2 aromatic carbocycles. The van der Waals surface area contributed by atoms with Crippen LogP contribution >= 0.6 is 0 Å². The third-order valence-corrected chi connectivity index (χ3v) is 9.02. The molecule has 1 N–H and O–H groups in total. The van der Waals surface area contributed by atoms with Crippen LogP contribution in [0.5, 0.6) is 5.75 Å². The lowest BCUT2D eigenvalue weighted by Crippen LogP contribution is -2.42. The van der Waals surface area contributed by atoms with Gasteiger partial charge < -0.3 is 14.8 Å². The van der Waals surface area contributed by atoms with Gasteiger partial charge in [0.15, 0.2) is 0 Å². The van der Waals surface area contributed by atoms with Crippen molar-refractivity contribution in [3.63, 3.8) is 0 Å². The van der Waals surface area contributed by atoms with Crippen LogP contribution in [-0.4, -0.2) is 59.9 Å². The van der Waals surface area contributed by atoms with Crippen LogP contribution in [0, 0.1) is 5.82 Å². The highest BCUT2D eigenvalue weighted by atomic mass is 32.2. The van der Waals surface area contributed by atoms with E-state index in [0.29, 0.717) is 43.7 Å². The average molecular weight is 551 g/mol. The molecule has 0 saturated carbocycles. The lowest BCUT2D eigenvalue weighted by molar-refractivity contribution is 0.328. The van der Waals surface area contributed by atoms with Gasteiger partial charge in [-0.2, -0.15) is 4.31 Å². The van der Waals surface area contributed by atoms with Crippen LogP contribution in [0.25, 0.3) is 0 Å². The van der Waals surface area contributed by atoms with E-state index in [1.807, 2.05) is 11.0 Å². The first kappa shape index (κ1) is 25.3. The van der Waals surface area contributed by atoms with Crippen molar-refractivity contribution in [3.8, 4) is 5.75 Å². The molecule has 3 aliphatic rings. The monoisotopic (exact) mass is 550 g/mol. The molecule has 0 amide bonds. The third kappa shape index (κ3) is 4.92. The molecule has 3 aromatic rings. The van der Waals surface area contributed by atoms with Gasteiger partial charge in [0, 0.05) is 37.6 Å². The normalized spacial score (nSPS) is 21.4. The maximum absolute atomic E-state index is 13.6. The summed E-state index contributed by atoms with van der Waals surface area (Å²) in [5.41, 5.74) is 1.58. The summed E-state index contributed by atoms with van der Waals surface area (Å²) in [6.45, 7) is 0.749. The average Bonchev–Trinajstić information content (AvgIpc) is 3.56. The fraction of sp³-hybridized carbons (Fsp3) is 0.296. The van der Waals surface area contributed by atoms with E-state index in [9.17, 15) is 12.8 Å². The molecule has 4 heterocycles. The van der Waals surface area contributed by atoms with Crippen molar-refractivity contribution < 1.29 is 22.3 Å². The van der Waals surface area contributed by atoms with E-state index in [0.717, 1.165) is 11.3 Å². The molecule has 0 bridgehead atoms. The van der Waals surface area contributed by atoms with Crippen LogP contribution in [0.3, 0.4) is 0 Å². The number of piperidine rings is 1. The number of halogens is 1. The molecule has 1 saturated heterocycles. The zero-order valence-corrected chi connectivity index (χ0v) is 22.0.